The van der Waals surface area contributed by atoms with Crippen molar-refractivity contribution in [3.8, 4) is 23.3 Å². The first-order valence-corrected chi connectivity index (χ1v) is 10.6. The van der Waals surface area contributed by atoms with Crippen molar-refractivity contribution < 1.29 is 23.0 Å². The lowest BCUT2D eigenvalue weighted by atomic mass is 10.1. The van der Waals surface area contributed by atoms with E-state index < -0.39 is 17.6 Å². The van der Waals surface area contributed by atoms with Gasteiger partial charge in [0, 0.05) is 17.2 Å². The van der Waals surface area contributed by atoms with E-state index in [9.17, 15) is 13.6 Å². The van der Waals surface area contributed by atoms with Gasteiger partial charge in [0.15, 0.2) is 11.6 Å². The zero-order valence-corrected chi connectivity index (χ0v) is 17.9. The van der Waals surface area contributed by atoms with Gasteiger partial charge in [-0.05, 0) is 67.1 Å². The maximum atomic E-state index is 13.2. The van der Waals surface area contributed by atoms with Crippen LogP contribution in [0.25, 0.3) is 0 Å². The molecule has 0 N–H and O–H groups in total. The highest BCUT2D eigenvalue weighted by atomic mass is 19.2. The highest BCUT2D eigenvalue weighted by molar-refractivity contribution is 5.91. The SMILES string of the molecule is CCCCCCOc1ccc(C#Cc2ccc(C(=O)Oc3ccc(F)c(F)c3)cc2)cc1. The highest BCUT2D eigenvalue weighted by Crippen LogP contribution is 2.17. The van der Waals surface area contributed by atoms with Crippen LogP contribution in [-0.4, -0.2) is 12.6 Å². The minimum absolute atomic E-state index is 0.0637. The third-order valence-corrected chi connectivity index (χ3v) is 4.69. The monoisotopic (exact) mass is 434 g/mol. The highest BCUT2D eigenvalue weighted by Gasteiger charge is 2.10. The van der Waals surface area contributed by atoms with Crippen molar-refractivity contribution in [2.24, 2.45) is 0 Å². The fourth-order valence-electron chi connectivity index (χ4n) is 2.89. The minimum Gasteiger partial charge on any atom is -0.494 e. The smallest absolute Gasteiger partial charge is 0.343 e. The minimum atomic E-state index is -1.08. The summed E-state index contributed by atoms with van der Waals surface area (Å²) in [4.78, 5) is 12.2. The molecule has 164 valence electrons. The third-order valence-electron chi connectivity index (χ3n) is 4.69. The predicted octanol–water partition coefficient (Wildman–Crippen LogP) is 6.54. The zero-order valence-electron chi connectivity index (χ0n) is 17.9. The van der Waals surface area contributed by atoms with Crippen LogP contribution in [0.3, 0.4) is 0 Å². The Bertz CT molecular complexity index is 1090. The van der Waals surface area contributed by atoms with Crippen LogP contribution in [0, 0.1) is 23.5 Å². The van der Waals surface area contributed by atoms with Crippen molar-refractivity contribution in [2.75, 3.05) is 6.61 Å². The quantitative estimate of drug-likeness (QED) is 0.175. The summed E-state index contributed by atoms with van der Waals surface area (Å²) in [5.41, 5.74) is 1.86. The Labute approximate surface area is 187 Å². The molecule has 32 heavy (non-hydrogen) atoms. The molecule has 0 saturated heterocycles. The molecule has 5 heteroatoms. The van der Waals surface area contributed by atoms with Gasteiger partial charge in [-0.3, -0.25) is 0 Å². The number of ether oxygens (including phenoxy) is 2. The van der Waals surface area contributed by atoms with E-state index in [4.69, 9.17) is 9.47 Å². The Balaban J connectivity index is 1.54. The normalized spacial score (nSPS) is 10.2. The molecule has 0 aromatic heterocycles. The lowest BCUT2D eigenvalue weighted by Gasteiger charge is -2.05. The first kappa shape index (κ1) is 23.0. The average Bonchev–Trinajstić information content (AvgIpc) is 2.81. The molecule has 3 rings (SSSR count). The van der Waals surface area contributed by atoms with E-state index in [-0.39, 0.29) is 11.3 Å². The Morgan fingerprint density at radius 1 is 0.781 bits per heavy atom. The fourth-order valence-corrected chi connectivity index (χ4v) is 2.89. The van der Waals surface area contributed by atoms with Gasteiger partial charge in [0.1, 0.15) is 11.5 Å². The topological polar surface area (TPSA) is 35.5 Å². The molecule has 0 aliphatic heterocycles. The largest absolute Gasteiger partial charge is 0.494 e. The van der Waals surface area contributed by atoms with Crippen molar-refractivity contribution in [2.45, 2.75) is 32.6 Å². The van der Waals surface area contributed by atoms with E-state index in [1.165, 1.54) is 25.3 Å². The number of hydrogen-bond acceptors (Lipinski definition) is 3. The van der Waals surface area contributed by atoms with Crippen molar-refractivity contribution in [3.63, 3.8) is 0 Å². The molecule has 0 radical (unpaired) electrons. The fraction of sp³-hybridized carbons (Fsp3) is 0.222. The molecule has 0 fully saturated rings. The molecular weight excluding hydrogens is 410 g/mol. The molecule has 0 atom stereocenters. The number of esters is 1. The van der Waals surface area contributed by atoms with Crippen molar-refractivity contribution >= 4 is 5.97 Å². The Morgan fingerprint density at radius 2 is 1.41 bits per heavy atom. The predicted molar refractivity (Wildman–Crippen MR) is 120 cm³/mol. The average molecular weight is 434 g/mol. The summed E-state index contributed by atoms with van der Waals surface area (Å²) in [6, 6.07) is 17.1. The lowest BCUT2D eigenvalue weighted by molar-refractivity contribution is 0.0734. The van der Waals surface area contributed by atoms with Crippen LogP contribution in [0.5, 0.6) is 11.5 Å². The van der Waals surface area contributed by atoms with Crippen LogP contribution in [0.4, 0.5) is 8.78 Å². The van der Waals surface area contributed by atoms with Gasteiger partial charge in [0.05, 0.1) is 12.2 Å². The number of unbranched alkanes of at least 4 members (excludes halogenated alkanes) is 3. The first-order chi connectivity index (χ1) is 15.5. The number of benzene rings is 3. The molecule has 0 amide bonds. The molecule has 3 aromatic carbocycles. The molecule has 0 aliphatic rings. The molecule has 0 saturated carbocycles. The van der Waals surface area contributed by atoms with Crippen LogP contribution < -0.4 is 9.47 Å². The lowest BCUT2D eigenvalue weighted by Crippen LogP contribution is -2.08. The molecular formula is C27H24F2O3. The summed E-state index contributed by atoms with van der Waals surface area (Å²) in [5, 5.41) is 0. The van der Waals surface area contributed by atoms with Gasteiger partial charge in [0.25, 0.3) is 0 Å². The third kappa shape index (κ3) is 6.95. The number of carbonyl (C=O) groups is 1. The Kier molecular flexibility index (Phi) is 8.39. The van der Waals surface area contributed by atoms with Crippen molar-refractivity contribution in [1.82, 2.24) is 0 Å². The van der Waals surface area contributed by atoms with Gasteiger partial charge in [-0.1, -0.05) is 38.0 Å². The van der Waals surface area contributed by atoms with E-state index in [1.807, 2.05) is 24.3 Å². The number of rotatable bonds is 8. The maximum absolute atomic E-state index is 13.2. The van der Waals surface area contributed by atoms with E-state index in [0.29, 0.717) is 0 Å². The summed E-state index contributed by atoms with van der Waals surface area (Å²) in [6.45, 7) is 2.90. The molecule has 0 spiro atoms. The van der Waals surface area contributed by atoms with E-state index in [0.717, 1.165) is 42.0 Å². The van der Waals surface area contributed by atoms with Crippen LogP contribution in [0.15, 0.2) is 66.7 Å². The second-order valence-electron chi connectivity index (χ2n) is 7.23. The van der Waals surface area contributed by atoms with Crippen molar-refractivity contribution in [1.29, 1.82) is 0 Å². The summed E-state index contributed by atoms with van der Waals surface area (Å²) in [7, 11) is 0. The van der Waals surface area contributed by atoms with Gasteiger partial charge >= 0.3 is 5.97 Å². The van der Waals surface area contributed by atoms with Crippen LogP contribution in [0.2, 0.25) is 0 Å². The van der Waals surface area contributed by atoms with Crippen LogP contribution >= 0.6 is 0 Å². The molecule has 0 unspecified atom stereocenters. The van der Waals surface area contributed by atoms with E-state index in [2.05, 4.69) is 18.8 Å². The van der Waals surface area contributed by atoms with Crippen LogP contribution in [-0.2, 0) is 0 Å². The molecule has 3 aromatic rings. The second-order valence-corrected chi connectivity index (χ2v) is 7.23. The zero-order chi connectivity index (χ0) is 22.8. The van der Waals surface area contributed by atoms with Crippen molar-refractivity contribution in [3.05, 3.63) is 95.1 Å². The van der Waals surface area contributed by atoms with Crippen LogP contribution in [0.1, 0.15) is 54.1 Å². The molecule has 0 aliphatic carbocycles. The molecule has 0 bridgehead atoms. The van der Waals surface area contributed by atoms with Gasteiger partial charge in [-0.15, -0.1) is 0 Å². The molecule has 0 heterocycles. The maximum Gasteiger partial charge on any atom is 0.343 e. The summed E-state index contributed by atoms with van der Waals surface area (Å²) in [6.07, 6.45) is 4.67. The molecule has 3 nitrogen and oxygen atoms in total. The van der Waals surface area contributed by atoms with Gasteiger partial charge in [-0.2, -0.15) is 0 Å². The number of carbonyl (C=O) groups excluding carboxylic acids is 1. The summed E-state index contributed by atoms with van der Waals surface area (Å²) >= 11 is 0. The number of hydrogen-bond donors (Lipinski definition) is 0. The van der Waals surface area contributed by atoms with Gasteiger partial charge in [-0.25, -0.2) is 13.6 Å². The van der Waals surface area contributed by atoms with E-state index >= 15 is 0 Å². The van der Waals surface area contributed by atoms with Gasteiger partial charge < -0.3 is 9.47 Å². The number of halogens is 2. The van der Waals surface area contributed by atoms with E-state index in [1.54, 1.807) is 24.3 Å². The first-order valence-electron chi connectivity index (χ1n) is 10.6. The standard InChI is InChI=1S/C27H24F2O3/c1-2-3-4-5-18-31-23-14-10-21(11-15-23)7-6-20-8-12-22(13-9-20)27(30)32-24-16-17-25(28)26(29)19-24/h8-17,19H,2-5,18H2,1H3. The summed E-state index contributed by atoms with van der Waals surface area (Å²) < 4.78 is 37.0. The Morgan fingerprint density at radius 3 is 2.03 bits per heavy atom. The summed E-state index contributed by atoms with van der Waals surface area (Å²) in [5.74, 6) is 4.14. The second kappa shape index (κ2) is 11.7. The van der Waals surface area contributed by atoms with Gasteiger partial charge in [0.2, 0.25) is 0 Å². The Hall–Kier alpha value is -3.65.